The van der Waals surface area contributed by atoms with Gasteiger partial charge in [0, 0.05) is 4.47 Å². The third-order valence-electron chi connectivity index (χ3n) is 3.07. The predicted molar refractivity (Wildman–Crippen MR) is 59.8 cm³/mol. The van der Waals surface area contributed by atoms with Gasteiger partial charge in [-0.25, -0.2) is 0 Å². The van der Waals surface area contributed by atoms with Crippen LogP contribution in [0.25, 0.3) is 0 Å². The lowest BCUT2D eigenvalue weighted by atomic mass is 9.79. The molecule has 0 unspecified atom stereocenters. The number of hydrogen-bond donors (Lipinski definition) is 0. The van der Waals surface area contributed by atoms with Crippen molar-refractivity contribution in [1.82, 2.24) is 0 Å². The van der Waals surface area contributed by atoms with Crippen LogP contribution in [-0.4, -0.2) is 0 Å². The number of hydrogen-bond acceptors (Lipinski definition) is 1. The van der Waals surface area contributed by atoms with Crippen molar-refractivity contribution in [1.29, 1.82) is 5.26 Å². The first kappa shape index (κ1) is 9.73. The molecule has 0 radical (unpaired) electrons. The average molecular weight is 250 g/mol. The van der Waals surface area contributed by atoms with E-state index in [9.17, 15) is 5.26 Å². The standard InChI is InChI=1S/C12H12BrN/c1-12(8-14,9-2-3-9)10-4-6-11(13)7-5-10/h4-7,9H,2-3H2,1H3/t12-/m0/s1. The second kappa shape index (κ2) is 3.40. The van der Waals surface area contributed by atoms with Gasteiger partial charge >= 0.3 is 0 Å². The first-order valence-electron chi connectivity index (χ1n) is 4.84. The molecule has 1 aliphatic rings. The summed E-state index contributed by atoms with van der Waals surface area (Å²) in [7, 11) is 0. The predicted octanol–water partition coefficient (Wildman–Crippen LogP) is 3.64. The third-order valence-corrected chi connectivity index (χ3v) is 3.60. The third kappa shape index (κ3) is 1.57. The fourth-order valence-corrected chi connectivity index (χ4v) is 2.11. The number of nitrogens with zero attached hydrogens (tertiary/aromatic N) is 1. The fourth-order valence-electron chi connectivity index (χ4n) is 1.85. The van der Waals surface area contributed by atoms with Gasteiger partial charge in [-0.05, 0) is 43.4 Å². The Kier molecular flexibility index (Phi) is 2.36. The van der Waals surface area contributed by atoms with Gasteiger partial charge in [0.1, 0.15) is 0 Å². The molecule has 1 fully saturated rings. The van der Waals surface area contributed by atoms with E-state index in [4.69, 9.17) is 0 Å². The first-order valence-corrected chi connectivity index (χ1v) is 5.63. The highest BCUT2D eigenvalue weighted by Gasteiger charge is 2.42. The van der Waals surface area contributed by atoms with Gasteiger partial charge in [-0.3, -0.25) is 0 Å². The summed E-state index contributed by atoms with van der Waals surface area (Å²) in [6, 6.07) is 10.6. The molecule has 2 heteroatoms. The van der Waals surface area contributed by atoms with Gasteiger partial charge in [0.2, 0.25) is 0 Å². The van der Waals surface area contributed by atoms with Crippen LogP contribution in [-0.2, 0) is 5.41 Å². The van der Waals surface area contributed by atoms with Gasteiger partial charge in [0.25, 0.3) is 0 Å². The zero-order valence-electron chi connectivity index (χ0n) is 8.13. The molecule has 1 saturated carbocycles. The van der Waals surface area contributed by atoms with Gasteiger partial charge in [-0.2, -0.15) is 5.26 Å². The van der Waals surface area contributed by atoms with Crippen LogP contribution < -0.4 is 0 Å². The molecule has 2 rings (SSSR count). The summed E-state index contributed by atoms with van der Waals surface area (Å²) in [5.74, 6) is 0.564. The number of rotatable bonds is 2. The van der Waals surface area contributed by atoms with E-state index in [2.05, 4.69) is 22.0 Å². The van der Waals surface area contributed by atoms with Crippen molar-refractivity contribution in [3.05, 3.63) is 34.3 Å². The van der Waals surface area contributed by atoms with Gasteiger partial charge in [0.05, 0.1) is 11.5 Å². The molecule has 0 N–H and O–H groups in total. The molecule has 0 amide bonds. The van der Waals surface area contributed by atoms with Crippen molar-refractivity contribution in [3.8, 4) is 6.07 Å². The quantitative estimate of drug-likeness (QED) is 0.786. The van der Waals surface area contributed by atoms with E-state index in [0.717, 1.165) is 10.0 Å². The summed E-state index contributed by atoms with van der Waals surface area (Å²) < 4.78 is 1.07. The highest BCUT2D eigenvalue weighted by Crippen LogP contribution is 2.46. The number of nitriles is 1. The van der Waals surface area contributed by atoms with E-state index in [1.54, 1.807) is 0 Å². The molecule has 1 aromatic rings. The smallest absolute Gasteiger partial charge is 0.0822 e. The summed E-state index contributed by atoms with van der Waals surface area (Å²) in [6.07, 6.45) is 2.39. The SMILES string of the molecule is C[C@@](C#N)(c1ccc(Br)cc1)C1CC1. The Morgan fingerprint density at radius 2 is 1.93 bits per heavy atom. The summed E-state index contributed by atoms with van der Waals surface area (Å²) in [4.78, 5) is 0. The number of benzene rings is 1. The molecule has 1 aromatic carbocycles. The van der Waals surface area contributed by atoms with Crippen LogP contribution in [0.15, 0.2) is 28.7 Å². The Morgan fingerprint density at radius 1 is 1.36 bits per heavy atom. The van der Waals surface area contributed by atoms with Crippen molar-refractivity contribution in [3.63, 3.8) is 0 Å². The zero-order chi connectivity index (χ0) is 10.2. The van der Waals surface area contributed by atoms with Crippen LogP contribution in [0.2, 0.25) is 0 Å². The molecule has 0 spiro atoms. The van der Waals surface area contributed by atoms with Crippen LogP contribution in [0.4, 0.5) is 0 Å². The molecule has 14 heavy (non-hydrogen) atoms. The summed E-state index contributed by atoms with van der Waals surface area (Å²) in [5.41, 5.74) is 0.867. The topological polar surface area (TPSA) is 23.8 Å². The molecular weight excluding hydrogens is 238 g/mol. The number of halogens is 1. The monoisotopic (exact) mass is 249 g/mol. The fraction of sp³-hybridized carbons (Fsp3) is 0.417. The van der Waals surface area contributed by atoms with Crippen LogP contribution in [0, 0.1) is 17.2 Å². The minimum Gasteiger partial charge on any atom is -0.197 e. The molecular formula is C12H12BrN. The van der Waals surface area contributed by atoms with Crippen molar-refractivity contribution >= 4 is 15.9 Å². The van der Waals surface area contributed by atoms with Gasteiger partial charge < -0.3 is 0 Å². The lowest BCUT2D eigenvalue weighted by Gasteiger charge is -2.21. The van der Waals surface area contributed by atoms with Gasteiger partial charge in [-0.15, -0.1) is 0 Å². The zero-order valence-corrected chi connectivity index (χ0v) is 9.71. The van der Waals surface area contributed by atoms with Crippen molar-refractivity contribution < 1.29 is 0 Å². The second-order valence-electron chi connectivity index (χ2n) is 4.10. The molecule has 0 saturated heterocycles. The van der Waals surface area contributed by atoms with Crippen LogP contribution >= 0.6 is 15.9 Å². The van der Waals surface area contributed by atoms with E-state index in [1.165, 1.54) is 12.8 Å². The minimum absolute atomic E-state index is 0.277. The van der Waals surface area contributed by atoms with E-state index in [-0.39, 0.29) is 5.41 Å². The molecule has 0 aliphatic heterocycles. The lowest BCUT2D eigenvalue weighted by molar-refractivity contribution is 0.529. The Hall–Kier alpha value is -0.810. The average Bonchev–Trinajstić information content (AvgIpc) is 3.01. The van der Waals surface area contributed by atoms with Crippen LogP contribution in [0.3, 0.4) is 0 Å². The molecule has 1 atom stereocenters. The lowest BCUT2D eigenvalue weighted by Crippen LogP contribution is -2.21. The molecule has 1 nitrogen and oxygen atoms in total. The Labute approximate surface area is 92.9 Å². The maximum absolute atomic E-state index is 9.26. The minimum atomic E-state index is -0.277. The van der Waals surface area contributed by atoms with Crippen molar-refractivity contribution in [2.24, 2.45) is 5.92 Å². The maximum Gasteiger partial charge on any atom is 0.0822 e. The van der Waals surface area contributed by atoms with E-state index in [1.807, 2.05) is 31.2 Å². The molecule has 0 bridgehead atoms. The maximum atomic E-state index is 9.26. The summed E-state index contributed by atoms with van der Waals surface area (Å²) in [6.45, 7) is 2.05. The summed E-state index contributed by atoms with van der Waals surface area (Å²) in [5, 5.41) is 9.26. The highest BCUT2D eigenvalue weighted by atomic mass is 79.9. The van der Waals surface area contributed by atoms with Crippen LogP contribution in [0.5, 0.6) is 0 Å². The largest absolute Gasteiger partial charge is 0.197 e. The van der Waals surface area contributed by atoms with Crippen LogP contribution in [0.1, 0.15) is 25.3 Å². The van der Waals surface area contributed by atoms with Gasteiger partial charge in [-0.1, -0.05) is 28.1 Å². The molecule has 0 aromatic heterocycles. The molecule has 72 valence electrons. The summed E-state index contributed by atoms with van der Waals surface area (Å²) >= 11 is 3.40. The Bertz CT molecular complexity index is 372. The highest BCUT2D eigenvalue weighted by molar-refractivity contribution is 9.10. The van der Waals surface area contributed by atoms with E-state index in [0.29, 0.717) is 5.92 Å². The van der Waals surface area contributed by atoms with Crippen molar-refractivity contribution in [2.45, 2.75) is 25.2 Å². The molecule has 1 aliphatic carbocycles. The van der Waals surface area contributed by atoms with Gasteiger partial charge in [0.15, 0.2) is 0 Å². The first-order chi connectivity index (χ1) is 6.66. The molecule has 0 heterocycles. The Balaban J connectivity index is 2.37. The second-order valence-corrected chi connectivity index (χ2v) is 5.01. The van der Waals surface area contributed by atoms with Crippen molar-refractivity contribution in [2.75, 3.05) is 0 Å². The van der Waals surface area contributed by atoms with E-state index >= 15 is 0 Å². The Morgan fingerprint density at radius 3 is 2.36 bits per heavy atom. The van der Waals surface area contributed by atoms with E-state index < -0.39 is 0 Å². The normalized spacial score (nSPS) is 19.8.